The van der Waals surface area contributed by atoms with Crippen LogP contribution < -0.4 is 9.47 Å². The van der Waals surface area contributed by atoms with Gasteiger partial charge in [-0.05, 0) is 37.1 Å². The molecule has 21 heavy (non-hydrogen) atoms. The fraction of sp³-hybridized carbons (Fsp3) is 0.467. The second-order valence-electron chi connectivity index (χ2n) is 5.15. The van der Waals surface area contributed by atoms with Gasteiger partial charge in [0.05, 0.1) is 13.0 Å². The first-order valence-electron chi connectivity index (χ1n) is 6.73. The summed E-state index contributed by atoms with van der Waals surface area (Å²) in [5.41, 5.74) is 0.898. The summed E-state index contributed by atoms with van der Waals surface area (Å²) in [6.45, 7) is 1.75. The predicted octanol–water partition coefficient (Wildman–Crippen LogP) is 1.18. The highest BCUT2D eigenvalue weighted by Gasteiger charge is 2.32. The number of amides is 1. The van der Waals surface area contributed by atoms with Crippen molar-refractivity contribution in [3.05, 3.63) is 23.8 Å². The van der Waals surface area contributed by atoms with Crippen LogP contribution in [0.25, 0.3) is 0 Å². The first-order chi connectivity index (χ1) is 9.93. The van der Waals surface area contributed by atoms with E-state index in [9.17, 15) is 9.59 Å². The Balaban J connectivity index is 2.13. The van der Waals surface area contributed by atoms with Gasteiger partial charge in [0.1, 0.15) is 24.1 Å². The Morgan fingerprint density at radius 3 is 2.81 bits per heavy atom. The molecule has 0 saturated heterocycles. The minimum atomic E-state index is -1.02. The number of benzene rings is 1. The molecule has 2 rings (SSSR count). The van der Waals surface area contributed by atoms with Gasteiger partial charge in [0.25, 0.3) is 0 Å². The van der Waals surface area contributed by atoms with Crippen molar-refractivity contribution in [1.82, 2.24) is 4.90 Å². The van der Waals surface area contributed by atoms with Crippen LogP contribution in [0.4, 0.5) is 0 Å². The molecule has 6 heteroatoms. The highest BCUT2D eigenvalue weighted by atomic mass is 16.5. The average molecular weight is 293 g/mol. The quantitative estimate of drug-likeness (QED) is 0.902. The number of likely N-dealkylation sites (N-methyl/N-ethyl adjacent to an activating group) is 1. The van der Waals surface area contributed by atoms with Gasteiger partial charge in [-0.3, -0.25) is 4.79 Å². The number of carbonyl (C=O) groups excluding carboxylic acids is 1. The van der Waals surface area contributed by atoms with Gasteiger partial charge in [-0.1, -0.05) is 0 Å². The van der Waals surface area contributed by atoms with Gasteiger partial charge in [0.2, 0.25) is 5.91 Å². The lowest BCUT2D eigenvalue weighted by Crippen LogP contribution is -2.45. The van der Waals surface area contributed by atoms with Crippen molar-refractivity contribution in [3.8, 4) is 11.5 Å². The van der Waals surface area contributed by atoms with Crippen molar-refractivity contribution in [2.24, 2.45) is 5.92 Å². The van der Waals surface area contributed by atoms with Crippen LogP contribution in [0.15, 0.2) is 18.2 Å². The molecule has 1 aromatic rings. The third-order valence-electron chi connectivity index (χ3n) is 3.81. The van der Waals surface area contributed by atoms with E-state index in [4.69, 9.17) is 14.6 Å². The van der Waals surface area contributed by atoms with Crippen molar-refractivity contribution in [2.75, 3.05) is 20.8 Å². The maximum absolute atomic E-state index is 12.4. The molecule has 1 heterocycles. The maximum Gasteiger partial charge on any atom is 0.326 e. The van der Waals surface area contributed by atoms with E-state index in [-0.39, 0.29) is 18.4 Å². The number of ether oxygens (including phenoxy) is 2. The number of hydrogen-bond donors (Lipinski definition) is 1. The highest BCUT2D eigenvalue weighted by molar-refractivity contribution is 5.85. The molecule has 2 atom stereocenters. The Morgan fingerprint density at radius 2 is 2.19 bits per heavy atom. The zero-order chi connectivity index (χ0) is 15.6. The molecule has 0 unspecified atom stereocenters. The molecule has 1 aliphatic rings. The van der Waals surface area contributed by atoms with Crippen molar-refractivity contribution in [3.63, 3.8) is 0 Å². The van der Waals surface area contributed by atoms with Crippen molar-refractivity contribution < 1.29 is 24.2 Å². The summed E-state index contributed by atoms with van der Waals surface area (Å²) >= 11 is 0. The summed E-state index contributed by atoms with van der Waals surface area (Å²) in [6, 6.07) is 4.61. The number of carboxylic acids is 1. The van der Waals surface area contributed by atoms with Gasteiger partial charge in [-0.25, -0.2) is 4.79 Å². The summed E-state index contributed by atoms with van der Waals surface area (Å²) < 4.78 is 10.8. The average Bonchev–Trinajstić information content (AvgIpc) is 2.51. The van der Waals surface area contributed by atoms with Crippen LogP contribution in [0.2, 0.25) is 0 Å². The second kappa shape index (κ2) is 6.03. The monoisotopic (exact) mass is 293 g/mol. The minimum Gasteiger partial charge on any atom is -0.497 e. The van der Waals surface area contributed by atoms with Gasteiger partial charge < -0.3 is 19.5 Å². The molecule has 0 saturated carbocycles. The SMILES string of the molecule is COc1ccc2c(c1)C[C@H](C(=O)N(C)[C@H](C)C(=O)O)CO2. The largest absolute Gasteiger partial charge is 0.497 e. The number of fused-ring (bicyclic) bond motifs is 1. The van der Waals surface area contributed by atoms with E-state index in [1.54, 1.807) is 13.2 Å². The summed E-state index contributed by atoms with van der Waals surface area (Å²) in [5, 5.41) is 8.98. The lowest BCUT2D eigenvalue weighted by molar-refractivity contribution is -0.150. The first kappa shape index (κ1) is 15.2. The maximum atomic E-state index is 12.4. The summed E-state index contributed by atoms with van der Waals surface area (Å²) in [6.07, 6.45) is 0.516. The molecule has 0 bridgehead atoms. The fourth-order valence-corrected chi connectivity index (χ4v) is 2.30. The first-order valence-corrected chi connectivity index (χ1v) is 6.73. The number of aliphatic carboxylic acids is 1. The lowest BCUT2D eigenvalue weighted by atomic mass is 9.95. The molecule has 1 amide bonds. The van der Waals surface area contributed by atoms with E-state index in [0.29, 0.717) is 12.2 Å². The van der Waals surface area contributed by atoms with Crippen molar-refractivity contribution >= 4 is 11.9 Å². The zero-order valence-electron chi connectivity index (χ0n) is 12.3. The van der Waals surface area contributed by atoms with Crippen LogP contribution in [0.5, 0.6) is 11.5 Å². The Kier molecular flexibility index (Phi) is 4.35. The minimum absolute atomic E-state index is 0.224. The summed E-state index contributed by atoms with van der Waals surface area (Å²) in [7, 11) is 3.08. The molecule has 1 aromatic carbocycles. The predicted molar refractivity (Wildman–Crippen MR) is 75.6 cm³/mol. The van der Waals surface area contributed by atoms with Gasteiger partial charge in [0.15, 0.2) is 0 Å². The number of carboxylic acid groups (broad SMARTS) is 1. The number of rotatable bonds is 4. The van der Waals surface area contributed by atoms with E-state index >= 15 is 0 Å². The summed E-state index contributed by atoms with van der Waals surface area (Å²) in [5.74, 6) is -0.175. The second-order valence-corrected chi connectivity index (χ2v) is 5.15. The van der Waals surface area contributed by atoms with Crippen molar-refractivity contribution in [1.29, 1.82) is 0 Å². The molecular formula is C15H19NO5. The molecule has 1 aliphatic heterocycles. The lowest BCUT2D eigenvalue weighted by Gasteiger charge is -2.30. The topological polar surface area (TPSA) is 76.1 Å². The molecule has 1 N–H and O–H groups in total. The third kappa shape index (κ3) is 3.09. The third-order valence-corrected chi connectivity index (χ3v) is 3.81. The number of nitrogens with zero attached hydrogens (tertiary/aromatic N) is 1. The summed E-state index contributed by atoms with van der Waals surface area (Å²) in [4.78, 5) is 24.6. The molecule has 114 valence electrons. The van der Waals surface area contributed by atoms with Crippen LogP contribution in [0.3, 0.4) is 0 Å². The molecule has 0 aromatic heterocycles. The van der Waals surface area contributed by atoms with Crippen molar-refractivity contribution in [2.45, 2.75) is 19.4 Å². The molecule has 0 aliphatic carbocycles. The fourth-order valence-electron chi connectivity index (χ4n) is 2.30. The van der Waals surface area contributed by atoms with E-state index < -0.39 is 12.0 Å². The number of hydrogen-bond acceptors (Lipinski definition) is 4. The van der Waals surface area contributed by atoms with E-state index in [2.05, 4.69) is 0 Å². The number of carbonyl (C=O) groups is 2. The van der Waals surface area contributed by atoms with Crippen LogP contribution >= 0.6 is 0 Å². The van der Waals surface area contributed by atoms with Crippen LogP contribution in [0, 0.1) is 5.92 Å². The smallest absolute Gasteiger partial charge is 0.326 e. The molecular weight excluding hydrogens is 274 g/mol. The van der Waals surface area contributed by atoms with E-state index in [1.807, 2.05) is 12.1 Å². The Bertz CT molecular complexity index is 557. The molecule has 0 radical (unpaired) electrons. The highest BCUT2D eigenvalue weighted by Crippen LogP contribution is 2.31. The number of methoxy groups -OCH3 is 1. The Morgan fingerprint density at radius 1 is 1.48 bits per heavy atom. The van der Waals surface area contributed by atoms with Gasteiger partial charge >= 0.3 is 5.97 Å². The van der Waals surface area contributed by atoms with Crippen LogP contribution in [-0.2, 0) is 16.0 Å². The molecule has 0 fully saturated rings. The van der Waals surface area contributed by atoms with Gasteiger partial charge in [0, 0.05) is 7.05 Å². The van der Waals surface area contributed by atoms with Crippen LogP contribution in [-0.4, -0.2) is 48.7 Å². The van der Waals surface area contributed by atoms with Crippen LogP contribution in [0.1, 0.15) is 12.5 Å². The normalized spacial score (nSPS) is 18.1. The van der Waals surface area contributed by atoms with E-state index in [0.717, 1.165) is 11.3 Å². The Labute approximate surface area is 123 Å². The Hall–Kier alpha value is -2.24. The van der Waals surface area contributed by atoms with E-state index in [1.165, 1.54) is 18.9 Å². The zero-order valence-corrected chi connectivity index (χ0v) is 12.3. The standard InChI is InChI=1S/C15H19NO5/c1-9(15(18)19)16(2)14(17)11-6-10-7-12(20-3)4-5-13(10)21-8-11/h4-5,7,9,11H,6,8H2,1-3H3,(H,18,19)/t9-,11+/m1/s1. The molecule has 6 nitrogen and oxygen atoms in total. The van der Waals surface area contributed by atoms with Gasteiger partial charge in [-0.15, -0.1) is 0 Å². The molecule has 0 spiro atoms. The van der Waals surface area contributed by atoms with Gasteiger partial charge in [-0.2, -0.15) is 0 Å².